The highest BCUT2D eigenvalue weighted by molar-refractivity contribution is 9.10. The molecule has 0 aliphatic heterocycles. The van der Waals surface area contributed by atoms with E-state index >= 15 is 0 Å². The second-order valence-corrected chi connectivity index (χ2v) is 5.33. The van der Waals surface area contributed by atoms with Gasteiger partial charge in [0.2, 0.25) is 5.89 Å². The molecule has 0 aliphatic carbocycles. The quantitative estimate of drug-likeness (QED) is 0.795. The Balaban J connectivity index is 1.89. The number of aromatic nitrogens is 2. The highest BCUT2D eigenvalue weighted by atomic mass is 79.9. The van der Waals surface area contributed by atoms with Crippen molar-refractivity contribution in [2.45, 2.75) is 32.1 Å². The molecule has 19 heavy (non-hydrogen) atoms. The van der Waals surface area contributed by atoms with Crippen LogP contribution in [0.1, 0.15) is 36.5 Å². The molecule has 5 heteroatoms. The number of hydrogen-bond donors (Lipinski definition) is 1. The Hall–Kier alpha value is -1.20. The lowest BCUT2D eigenvalue weighted by Crippen LogP contribution is -1.98. The fourth-order valence-electron chi connectivity index (χ4n) is 1.87. The summed E-state index contributed by atoms with van der Waals surface area (Å²) in [5.74, 6) is 1.46. The molecule has 2 aromatic rings. The third kappa shape index (κ3) is 4.44. The predicted octanol–water partition coefficient (Wildman–Crippen LogP) is 3.09. The molecule has 0 fully saturated rings. The van der Waals surface area contributed by atoms with Crippen molar-refractivity contribution in [2.75, 3.05) is 6.54 Å². The smallest absolute Gasteiger partial charge is 0.226 e. The van der Waals surface area contributed by atoms with Crippen LogP contribution >= 0.6 is 15.9 Å². The first-order valence-corrected chi connectivity index (χ1v) is 7.34. The summed E-state index contributed by atoms with van der Waals surface area (Å²) in [4.78, 5) is 4.41. The molecule has 0 bridgehead atoms. The van der Waals surface area contributed by atoms with E-state index in [1.807, 2.05) is 18.2 Å². The van der Waals surface area contributed by atoms with Gasteiger partial charge in [0, 0.05) is 17.3 Å². The summed E-state index contributed by atoms with van der Waals surface area (Å²) in [6.45, 7) is 0.747. The summed E-state index contributed by atoms with van der Waals surface area (Å²) in [5.41, 5.74) is 6.62. The molecule has 1 aromatic carbocycles. The maximum Gasteiger partial charge on any atom is 0.226 e. The number of nitrogens with two attached hydrogens (primary N) is 1. The van der Waals surface area contributed by atoms with E-state index in [-0.39, 0.29) is 0 Å². The van der Waals surface area contributed by atoms with Crippen LogP contribution < -0.4 is 5.73 Å². The molecule has 2 rings (SSSR count). The summed E-state index contributed by atoms with van der Waals surface area (Å²) in [5, 5.41) is 4.02. The van der Waals surface area contributed by atoms with Crippen molar-refractivity contribution in [1.82, 2.24) is 10.1 Å². The molecule has 0 radical (unpaired) electrons. The van der Waals surface area contributed by atoms with Crippen molar-refractivity contribution in [3.8, 4) is 0 Å². The van der Waals surface area contributed by atoms with Gasteiger partial charge in [-0.2, -0.15) is 4.98 Å². The SMILES string of the molecule is NCCCCCc1nc(Cc2ccccc2Br)no1. The number of halogens is 1. The van der Waals surface area contributed by atoms with E-state index in [4.69, 9.17) is 10.3 Å². The molecule has 1 heterocycles. The molecule has 0 atom stereocenters. The maximum absolute atomic E-state index is 5.46. The van der Waals surface area contributed by atoms with Gasteiger partial charge in [-0.25, -0.2) is 0 Å². The zero-order valence-electron chi connectivity index (χ0n) is 10.8. The van der Waals surface area contributed by atoms with E-state index in [0.717, 1.165) is 54.0 Å². The molecule has 0 aliphatic rings. The normalized spacial score (nSPS) is 10.8. The first-order chi connectivity index (χ1) is 9.29. The van der Waals surface area contributed by atoms with Crippen LogP contribution in [0.4, 0.5) is 0 Å². The first kappa shape index (κ1) is 14.2. The van der Waals surface area contributed by atoms with Gasteiger partial charge < -0.3 is 10.3 Å². The van der Waals surface area contributed by atoms with Gasteiger partial charge in [0.05, 0.1) is 0 Å². The van der Waals surface area contributed by atoms with Gasteiger partial charge in [-0.05, 0) is 31.0 Å². The Labute approximate surface area is 121 Å². The lowest BCUT2D eigenvalue weighted by atomic mass is 10.1. The van der Waals surface area contributed by atoms with Gasteiger partial charge in [0.25, 0.3) is 0 Å². The Morgan fingerprint density at radius 3 is 2.79 bits per heavy atom. The number of rotatable bonds is 7. The number of aryl methyl sites for hydroxylation is 1. The number of nitrogens with zero attached hydrogens (tertiary/aromatic N) is 2. The van der Waals surface area contributed by atoms with E-state index < -0.39 is 0 Å². The monoisotopic (exact) mass is 323 g/mol. The topological polar surface area (TPSA) is 64.9 Å². The van der Waals surface area contributed by atoms with Crippen LogP contribution in [-0.4, -0.2) is 16.7 Å². The first-order valence-electron chi connectivity index (χ1n) is 6.54. The Kier molecular flexibility index (Phi) is 5.54. The number of hydrogen-bond acceptors (Lipinski definition) is 4. The standard InChI is InChI=1S/C14H18BrN3O/c15-12-7-4-3-6-11(12)10-13-17-14(19-18-13)8-2-1-5-9-16/h3-4,6-7H,1-2,5,8-10,16H2. The predicted molar refractivity (Wildman–Crippen MR) is 77.9 cm³/mol. The second-order valence-electron chi connectivity index (χ2n) is 4.47. The molecule has 0 saturated carbocycles. The molecule has 0 amide bonds. The van der Waals surface area contributed by atoms with Crippen LogP contribution in [0.2, 0.25) is 0 Å². The minimum absolute atomic E-state index is 0.688. The maximum atomic E-state index is 5.46. The molecule has 102 valence electrons. The molecule has 0 unspecified atom stereocenters. The highest BCUT2D eigenvalue weighted by Gasteiger charge is 2.08. The van der Waals surface area contributed by atoms with Crippen molar-refractivity contribution in [3.63, 3.8) is 0 Å². The van der Waals surface area contributed by atoms with Crippen LogP contribution in [0.3, 0.4) is 0 Å². The molecule has 1 aromatic heterocycles. The average molecular weight is 324 g/mol. The van der Waals surface area contributed by atoms with E-state index in [1.54, 1.807) is 0 Å². The largest absolute Gasteiger partial charge is 0.339 e. The Morgan fingerprint density at radius 2 is 2.00 bits per heavy atom. The number of unbranched alkanes of at least 4 members (excludes halogenated alkanes) is 2. The second kappa shape index (κ2) is 7.40. The van der Waals surface area contributed by atoms with Crippen LogP contribution in [0.5, 0.6) is 0 Å². The third-order valence-corrected chi connectivity index (χ3v) is 3.68. The summed E-state index contributed by atoms with van der Waals surface area (Å²) in [7, 11) is 0. The molecule has 2 N–H and O–H groups in total. The van der Waals surface area contributed by atoms with Crippen LogP contribution in [0, 0.1) is 0 Å². The Morgan fingerprint density at radius 1 is 1.16 bits per heavy atom. The van der Waals surface area contributed by atoms with Crippen molar-refractivity contribution in [1.29, 1.82) is 0 Å². The average Bonchev–Trinajstić information content (AvgIpc) is 2.85. The van der Waals surface area contributed by atoms with Gasteiger partial charge in [-0.15, -0.1) is 0 Å². The van der Waals surface area contributed by atoms with E-state index in [1.165, 1.54) is 0 Å². The highest BCUT2D eigenvalue weighted by Crippen LogP contribution is 2.18. The minimum Gasteiger partial charge on any atom is -0.339 e. The zero-order valence-corrected chi connectivity index (χ0v) is 12.4. The third-order valence-electron chi connectivity index (χ3n) is 2.91. The van der Waals surface area contributed by atoms with Gasteiger partial charge >= 0.3 is 0 Å². The van der Waals surface area contributed by atoms with Gasteiger partial charge in [0.15, 0.2) is 5.82 Å². The molecular weight excluding hydrogens is 306 g/mol. The molecular formula is C14H18BrN3O. The van der Waals surface area contributed by atoms with Crippen molar-refractivity contribution in [3.05, 3.63) is 46.0 Å². The fourth-order valence-corrected chi connectivity index (χ4v) is 2.30. The minimum atomic E-state index is 0.688. The van der Waals surface area contributed by atoms with Gasteiger partial charge in [-0.1, -0.05) is 45.7 Å². The van der Waals surface area contributed by atoms with Crippen LogP contribution in [0.25, 0.3) is 0 Å². The van der Waals surface area contributed by atoms with Gasteiger partial charge in [-0.3, -0.25) is 0 Å². The summed E-state index contributed by atoms with van der Waals surface area (Å²) < 4.78 is 6.32. The number of benzene rings is 1. The molecule has 0 spiro atoms. The summed E-state index contributed by atoms with van der Waals surface area (Å²) >= 11 is 3.52. The molecule has 0 saturated heterocycles. The van der Waals surface area contributed by atoms with Crippen LogP contribution in [0.15, 0.2) is 33.3 Å². The lowest BCUT2D eigenvalue weighted by Gasteiger charge is -1.99. The van der Waals surface area contributed by atoms with Crippen LogP contribution in [-0.2, 0) is 12.8 Å². The summed E-state index contributed by atoms with van der Waals surface area (Å²) in [6.07, 6.45) is 4.74. The fraction of sp³-hybridized carbons (Fsp3) is 0.429. The Bertz CT molecular complexity index is 513. The van der Waals surface area contributed by atoms with E-state index in [9.17, 15) is 0 Å². The van der Waals surface area contributed by atoms with E-state index in [0.29, 0.717) is 6.42 Å². The summed E-state index contributed by atoms with van der Waals surface area (Å²) in [6, 6.07) is 8.07. The lowest BCUT2D eigenvalue weighted by molar-refractivity contribution is 0.369. The van der Waals surface area contributed by atoms with Crippen molar-refractivity contribution >= 4 is 15.9 Å². The zero-order chi connectivity index (χ0) is 13.5. The van der Waals surface area contributed by atoms with Crippen molar-refractivity contribution < 1.29 is 4.52 Å². The molecule has 4 nitrogen and oxygen atoms in total. The van der Waals surface area contributed by atoms with Gasteiger partial charge in [0.1, 0.15) is 0 Å². The van der Waals surface area contributed by atoms with Crippen molar-refractivity contribution in [2.24, 2.45) is 5.73 Å². The van der Waals surface area contributed by atoms with E-state index in [2.05, 4.69) is 32.1 Å².